The van der Waals surface area contributed by atoms with Gasteiger partial charge < -0.3 is 0 Å². The second kappa shape index (κ2) is 7.34. The maximum Gasteiger partial charge on any atom is 0.247 e. The van der Waals surface area contributed by atoms with Gasteiger partial charge in [0.25, 0.3) is 0 Å². The van der Waals surface area contributed by atoms with Gasteiger partial charge in [0.15, 0.2) is 0 Å². The van der Waals surface area contributed by atoms with Crippen molar-refractivity contribution >= 4 is 43.0 Å². The highest BCUT2D eigenvalue weighted by Gasteiger charge is 2.37. The average Bonchev–Trinajstić information content (AvgIpc) is 2.98. The van der Waals surface area contributed by atoms with Gasteiger partial charge in [0.1, 0.15) is 5.82 Å². The third-order valence-electron chi connectivity index (χ3n) is 4.04. The maximum absolute atomic E-state index is 14.4. The lowest BCUT2D eigenvalue weighted by Gasteiger charge is -2.22. The van der Waals surface area contributed by atoms with Gasteiger partial charge in [-0.3, -0.25) is 4.72 Å². The third kappa shape index (κ3) is 4.45. The van der Waals surface area contributed by atoms with Crippen LogP contribution in [0.2, 0.25) is 5.02 Å². The molecule has 0 spiro atoms. The van der Waals surface area contributed by atoms with Crippen molar-refractivity contribution in [3.63, 3.8) is 0 Å². The molecule has 1 N–H and O–H groups in total. The first-order valence-electron chi connectivity index (χ1n) is 8.05. The van der Waals surface area contributed by atoms with Gasteiger partial charge in [0.2, 0.25) is 20.0 Å². The quantitative estimate of drug-likeness (QED) is 0.765. The van der Waals surface area contributed by atoms with Crippen LogP contribution in [0, 0.1) is 5.82 Å². The predicted octanol–water partition coefficient (Wildman–Crippen LogP) is 2.96. The van der Waals surface area contributed by atoms with Gasteiger partial charge in [-0.15, -0.1) is 0 Å². The molecule has 0 aromatic heterocycles. The zero-order valence-electron chi connectivity index (χ0n) is 14.9. The number of hydrogen-bond acceptors (Lipinski definition) is 5. The van der Waals surface area contributed by atoms with Crippen LogP contribution in [0.15, 0.2) is 47.6 Å². The molecule has 0 saturated heterocycles. The van der Waals surface area contributed by atoms with E-state index in [2.05, 4.69) is 9.82 Å². The van der Waals surface area contributed by atoms with E-state index in [1.54, 1.807) is 18.2 Å². The summed E-state index contributed by atoms with van der Waals surface area (Å²) < 4.78 is 65.0. The predicted molar refractivity (Wildman–Crippen MR) is 107 cm³/mol. The molecule has 11 heteroatoms. The number of hydrogen-bond donors (Lipinski definition) is 1. The van der Waals surface area contributed by atoms with Crippen LogP contribution in [0.5, 0.6) is 0 Å². The van der Waals surface area contributed by atoms with Crippen molar-refractivity contribution < 1.29 is 21.2 Å². The summed E-state index contributed by atoms with van der Waals surface area (Å²) in [6.07, 6.45) is 2.08. The highest BCUT2D eigenvalue weighted by molar-refractivity contribution is 7.92. The van der Waals surface area contributed by atoms with E-state index in [0.717, 1.165) is 16.9 Å². The van der Waals surface area contributed by atoms with E-state index < -0.39 is 31.9 Å². The molecule has 7 nitrogen and oxygen atoms in total. The summed E-state index contributed by atoms with van der Waals surface area (Å²) >= 11 is 6.13. The fraction of sp³-hybridized carbons (Fsp3) is 0.235. The van der Waals surface area contributed by atoms with Crippen LogP contribution >= 0.6 is 11.6 Å². The molecule has 0 aliphatic carbocycles. The van der Waals surface area contributed by atoms with Gasteiger partial charge in [-0.2, -0.15) is 9.52 Å². The molecule has 0 bridgehead atoms. The largest absolute Gasteiger partial charge is 0.284 e. The van der Waals surface area contributed by atoms with Crippen molar-refractivity contribution in [1.29, 1.82) is 0 Å². The Balaban J connectivity index is 2.04. The Labute approximate surface area is 167 Å². The lowest BCUT2D eigenvalue weighted by atomic mass is 9.98. The number of rotatable bonds is 5. The Morgan fingerprint density at radius 3 is 2.43 bits per heavy atom. The minimum atomic E-state index is -3.80. The lowest BCUT2D eigenvalue weighted by molar-refractivity contribution is 0.365. The summed E-state index contributed by atoms with van der Waals surface area (Å²) in [7, 11) is -7.28. The van der Waals surface area contributed by atoms with Crippen molar-refractivity contribution in [2.24, 2.45) is 5.10 Å². The summed E-state index contributed by atoms with van der Waals surface area (Å²) in [5, 5.41) is 4.27. The summed E-state index contributed by atoms with van der Waals surface area (Å²) in [6.45, 7) is 0. The second-order valence-corrected chi connectivity index (χ2v) is 10.4. The van der Waals surface area contributed by atoms with E-state index in [9.17, 15) is 21.2 Å². The number of nitrogens with one attached hydrogen (secondary N) is 1. The van der Waals surface area contributed by atoms with E-state index in [1.807, 2.05) is 0 Å². The SMILES string of the molecule is CS(=O)(=O)Nc1cccc(C2=NN(S(C)(=O)=O)[C@@H](c3c(F)cccc3Cl)C2)c1. The van der Waals surface area contributed by atoms with Crippen LogP contribution in [-0.4, -0.2) is 39.5 Å². The molecule has 0 saturated carbocycles. The maximum atomic E-state index is 14.4. The second-order valence-electron chi connectivity index (χ2n) is 6.39. The Morgan fingerprint density at radius 1 is 1.14 bits per heavy atom. The van der Waals surface area contributed by atoms with E-state index in [1.165, 1.54) is 24.3 Å². The average molecular weight is 446 g/mol. The summed E-state index contributed by atoms with van der Waals surface area (Å²) in [4.78, 5) is 0. The Hall–Kier alpha value is -2.17. The molecule has 1 aliphatic heterocycles. The zero-order valence-corrected chi connectivity index (χ0v) is 17.3. The monoisotopic (exact) mass is 445 g/mol. The van der Waals surface area contributed by atoms with Crippen molar-refractivity contribution in [3.8, 4) is 0 Å². The van der Waals surface area contributed by atoms with E-state index in [4.69, 9.17) is 11.6 Å². The molecular formula is C17H17ClFN3O4S2. The minimum absolute atomic E-state index is 0.0405. The van der Waals surface area contributed by atoms with Crippen molar-refractivity contribution in [2.45, 2.75) is 12.5 Å². The number of hydrazone groups is 1. The number of anilines is 1. The molecule has 2 aromatic carbocycles. The van der Waals surface area contributed by atoms with Gasteiger partial charge in [0.05, 0.1) is 24.3 Å². The molecule has 1 heterocycles. The van der Waals surface area contributed by atoms with Crippen molar-refractivity contribution in [1.82, 2.24) is 4.41 Å². The van der Waals surface area contributed by atoms with E-state index in [-0.39, 0.29) is 17.0 Å². The molecule has 1 aliphatic rings. The topological polar surface area (TPSA) is 95.9 Å². The highest BCUT2D eigenvalue weighted by Crippen LogP contribution is 2.39. The highest BCUT2D eigenvalue weighted by atomic mass is 35.5. The normalized spacial score (nSPS) is 17.5. The van der Waals surface area contributed by atoms with Gasteiger partial charge in [-0.05, 0) is 29.8 Å². The Morgan fingerprint density at radius 2 is 1.82 bits per heavy atom. The molecule has 0 fully saturated rings. The van der Waals surface area contributed by atoms with Crippen molar-refractivity contribution in [2.75, 3.05) is 17.2 Å². The Bertz CT molecular complexity index is 1150. The lowest BCUT2D eigenvalue weighted by Crippen LogP contribution is -2.26. The smallest absolute Gasteiger partial charge is 0.247 e. The fourth-order valence-electron chi connectivity index (χ4n) is 2.99. The molecule has 3 rings (SSSR count). The molecule has 1 atom stereocenters. The van der Waals surface area contributed by atoms with E-state index in [0.29, 0.717) is 17.0 Å². The summed E-state index contributed by atoms with van der Waals surface area (Å²) in [5.74, 6) is -0.630. The first-order chi connectivity index (χ1) is 13.0. The molecular weight excluding hydrogens is 429 g/mol. The number of nitrogens with zero attached hydrogens (tertiary/aromatic N) is 2. The zero-order chi connectivity index (χ0) is 20.7. The first kappa shape index (κ1) is 20.6. The van der Waals surface area contributed by atoms with Gasteiger partial charge in [-0.25, -0.2) is 21.2 Å². The van der Waals surface area contributed by atoms with Gasteiger partial charge >= 0.3 is 0 Å². The molecule has 28 heavy (non-hydrogen) atoms. The van der Waals surface area contributed by atoms with Crippen LogP contribution in [0.3, 0.4) is 0 Å². The van der Waals surface area contributed by atoms with Crippen LogP contribution in [0.1, 0.15) is 23.6 Å². The van der Waals surface area contributed by atoms with Gasteiger partial charge in [0, 0.05) is 22.7 Å². The van der Waals surface area contributed by atoms with Crippen LogP contribution in [0.25, 0.3) is 0 Å². The molecule has 0 radical (unpaired) electrons. The first-order valence-corrected chi connectivity index (χ1v) is 12.2. The molecule has 2 aromatic rings. The fourth-order valence-corrected chi connectivity index (χ4v) is 4.72. The Kier molecular flexibility index (Phi) is 5.39. The minimum Gasteiger partial charge on any atom is -0.284 e. The van der Waals surface area contributed by atoms with Crippen molar-refractivity contribution in [3.05, 3.63) is 64.4 Å². The number of sulfonamides is 2. The van der Waals surface area contributed by atoms with Gasteiger partial charge in [-0.1, -0.05) is 29.8 Å². The van der Waals surface area contributed by atoms with Crippen LogP contribution in [-0.2, 0) is 20.0 Å². The van der Waals surface area contributed by atoms with Crippen LogP contribution < -0.4 is 4.72 Å². The summed E-state index contributed by atoms with van der Waals surface area (Å²) in [5.41, 5.74) is 1.23. The molecule has 0 unspecified atom stereocenters. The number of benzene rings is 2. The van der Waals surface area contributed by atoms with E-state index >= 15 is 0 Å². The van der Waals surface area contributed by atoms with Crippen LogP contribution in [0.4, 0.5) is 10.1 Å². The third-order valence-corrected chi connectivity index (χ3v) is 6.00. The standard InChI is InChI=1S/C17H17ClFN3O4S2/c1-27(23,24)21-12-6-3-5-11(9-12)15-10-16(22(20-15)28(2,25)26)17-13(18)7-4-8-14(17)19/h3-9,16,21H,10H2,1-2H3/t16-/m1/s1. The number of halogens is 2. The summed E-state index contributed by atoms with van der Waals surface area (Å²) in [6, 6.07) is 9.54. The molecule has 0 amide bonds. The molecule has 150 valence electrons.